The first-order chi connectivity index (χ1) is 21.5. The van der Waals surface area contributed by atoms with Crippen molar-refractivity contribution in [3.63, 3.8) is 0 Å². The largest absolute Gasteiger partial charge is 0.463 e. The van der Waals surface area contributed by atoms with Gasteiger partial charge in [0.25, 0.3) is 0 Å². The molecular formula is C28H40O17S. The van der Waals surface area contributed by atoms with E-state index in [0.29, 0.717) is 5.75 Å². The van der Waals surface area contributed by atoms with Crippen LogP contribution in [0.1, 0.15) is 55.4 Å². The van der Waals surface area contributed by atoms with Crippen LogP contribution in [0.4, 0.5) is 0 Å². The Morgan fingerprint density at radius 3 is 1.33 bits per heavy atom. The first kappa shape index (κ1) is 38.7. The third-order valence-electron chi connectivity index (χ3n) is 6.22. The van der Waals surface area contributed by atoms with Crippen LogP contribution in [0.15, 0.2) is 0 Å². The van der Waals surface area contributed by atoms with E-state index in [1.54, 1.807) is 6.92 Å². The van der Waals surface area contributed by atoms with Gasteiger partial charge >= 0.3 is 41.8 Å². The number of thioether (sulfide) groups is 1. The van der Waals surface area contributed by atoms with Gasteiger partial charge in [-0.05, 0) is 5.75 Å². The lowest BCUT2D eigenvalue weighted by molar-refractivity contribution is -0.341. The van der Waals surface area contributed by atoms with Crippen molar-refractivity contribution >= 4 is 53.5 Å². The average molecular weight is 681 g/mol. The van der Waals surface area contributed by atoms with Crippen LogP contribution in [-0.4, -0.2) is 121 Å². The molecule has 0 N–H and O–H groups in total. The third kappa shape index (κ3) is 11.7. The maximum absolute atomic E-state index is 12.3. The highest BCUT2D eigenvalue weighted by Crippen LogP contribution is 2.37. The lowest BCUT2D eigenvalue weighted by atomic mass is 9.96. The lowest BCUT2D eigenvalue weighted by Gasteiger charge is -2.48. The van der Waals surface area contributed by atoms with Gasteiger partial charge in [-0.1, -0.05) is 6.92 Å². The summed E-state index contributed by atoms with van der Waals surface area (Å²) in [6.07, 6.45) is -13.1. The van der Waals surface area contributed by atoms with Gasteiger partial charge in [0.1, 0.15) is 37.0 Å². The van der Waals surface area contributed by atoms with Crippen LogP contribution >= 0.6 is 11.8 Å². The van der Waals surface area contributed by atoms with E-state index in [9.17, 15) is 33.6 Å². The van der Waals surface area contributed by atoms with Gasteiger partial charge in [0.05, 0.1) is 0 Å². The molecular weight excluding hydrogens is 640 g/mol. The zero-order valence-corrected chi connectivity index (χ0v) is 27.6. The van der Waals surface area contributed by atoms with Gasteiger partial charge in [0.2, 0.25) is 0 Å². The molecule has 10 atom stereocenters. The van der Waals surface area contributed by atoms with E-state index in [4.69, 9.17) is 47.4 Å². The van der Waals surface area contributed by atoms with Crippen LogP contribution in [0, 0.1) is 0 Å². The maximum Gasteiger partial charge on any atom is 0.303 e. The molecule has 2 aliphatic rings. The first-order valence-corrected chi connectivity index (χ1v) is 15.3. The van der Waals surface area contributed by atoms with Crippen LogP contribution in [0.2, 0.25) is 0 Å². The molecule has 2 aliphatic heterocycles. The summed E-state index contributed by atoms with van der Waals surface area (Å²) in [5.41, 5.74) is -0.922. The summed E-state index contributed by atoms with van der Waals surface area (Å²) in [4.78, 5) is 84.5. The number of ether oxygens (including phenoxy) is 10. The molecule has 0 unspecified atom stereocenters. The molecule has 0 aromatic carbocycles. The Labute approximate surface area is 269 Å². The third-order valence-corrected chi connectivity index (χ3v) is 7.26. The smallest absolute Gasteiger partial charge is 0.303 e. The molecule has 0 aromatic rings. The summed E-state index contributed by atoms with van der Waals surface area (Å²) in [7, 11) is 0. The minimum Gasteiger partial charge on any atom is -0.463 e. The molecule has 46 heavy (non-hydrogen) atoms. The zero-order valence-electron chi connectivity index (χ0n) is 26.7. The van der Waals surface area contributed by atoms with E-state index in [1.807, 2.05) is 0 Å². The van der Waals surface area contributed by atoms with Crippen molar-refractivity contribution in [2.45, 2.75) is 116 Å². The summed E-state index contributed by atoms with van der Waals surface area (Å²) in [5.74, 6) is -5.06. The van der Waals surface area contributed by atoms with Crippen molar-refractivity contribution in [2.24, 2.45) is 0 Å². The number of rotatable bonds is 13. The van der Waals surface area contributed by atoms with Crippen molar-refractivity contribution < 1.29 is 80.9 Å². The Kier molecular flexibility index (Phi) is 15.2. The van der Waals surface area contributed by atoms with Gasteiger partial charge in [0, 0.05) is 48.5 Å². The van der Waals surface area contributed by atoms with E-state index in [0.717, 1.165) is 48.5 Å². The second-order valence-corrected chi connectivity index (χ2v) is 11.5. The van der Waals surface area contributed by atoms with E-state index in [2.05, 4.69) is 0 Å². The zero-order chi connectivity index (χ0) is 34.7. The Bertz CT molecular complexity index is 1130. The first-order valence-electron chi connectivity index (χ1n) is 14.2. The normalized spacial score (nSPS) is 30.6. The molecule has 0 bridgehead atoms. The lowest BCUT2D eigenvalue weighted by Crippen LogP contribution is -2.66. The summed E-state index contributed by atoms with van der Waals surface area (Å²) in [6.45, 7) is 8.52. The minimum atomic E-state index is -1.72. The number of hydrogen-bond acceptors (Lipinski definition) is 18. The van der Waals surface area contributed by atoms with Crippen LogP contribution in [0.25, 0.3) is 0 Å². The molecule has 2 rings (SSSR count). The number of carbonyl (C=O) groups is 7. The summed E-state index contributed by atoms with van der Waals surface area (Å²) < 4.78 is 56.1. The van der Waals surface area contributed by atoms with Crippen molar-refractivity contribution in [1.29, 1.82) is 0 Å². The molecule has 17 nitrogen and oxygen atoms in total. The maximum atomic E-state index is 12.3. The molecule has 2 saturated heterocycles. The van der Waals surface area contributed by atoms with Crippen molar-refractivity contribution in [1.82, 2.24) is 0 Å². The highest BCUT2D eigenvalue weighted by molar-refractivity contribution is 7.99. The molecule has 2 fully saturated rings. The Hall–Kier alpha value is -3.48. The fourth-order valence-electron chi connectivity index (χ4n) is 4.77. The molecule has 0 radical (unpaired) electrons. The highest BCUT2D eigenvalue weighted by Gasteiger charge is 2.57. The van der Waals surface area contributed by atoms with Crippen molar-refractivity contribution in [3.8, 4) is 0 Å². The van der Waals surface area contributed by atoms with Gasteiger partial charge < -0.3 is 47.4 Å². The molecule has 260 valence electrons. The minimum absolute atomic E-state index is 0.434. The van der Waals surface area contributed by atoms with Gasteiger partial charge in [-0.2, -0.15) is 0 Å². The topological polar surface area (TPSA) is 212 Å². The second kappa shape index (κ2) is 18.0. The number of hydrogen-bond donors (Lipinski definition) is 0. The van der Waals surface area contributed by atoms with E-state index < -0.39 is 116 Å². The molecule has 18 heteroatoms. The fraction of sp³-hybridized carbons (Fsp3) is 0.750. The predicted molar refractivity (Wildman–Crippen MR) is 151 cm³/mol. The molecule has 0 aliphatic carbocycles. The SMILES string of the molecule is CCS[C@@H]1O[C@H](COC(C)=O)[C@@H](O[C@@H]2O[C@H](COC(C)=O)[C@H](OC(C)=O)[C@H](OC(C)=O)[C@H]2OC(C)=O)[C@H](OC(C)=O)[C@H]1OC(C)=O. The van der Waals surface area contributed by atoms with Crippen LogP contribution < -0.4 is 0 Å². The Morgan fingerprint density at radius 2 is 0.891 bits per heavy atom. The van der Waals surface area contributed by atoms with Crippen LogP contribution in [0.5, 0.6) is 0 Å². The van der Waals surface area contributed by atoms with Gasteiger partial charge in [-0.15, -0.1) is 11.8 Å². The number of carbonyl (C=O) groups excluding carboxylic acids is 7. The summed E-state index contributed by atoms with van der Waals surface area (Å²) in [5, 5.41) is 0. The van der Waals surface area contributed by atoms with Crippen molar-refractivity contribution in [3.05, 3.63) is 0 Å². The Morgan fingerprint density at radius 1 is 0.500 bits per heavy atom. The van der Waals surface area contributed by atoms with E-state index in [-0.39, 0.29) is 0 Å². The molecule has 0 spiro atoms. The van der Waals surface area contributed by atoms with E-state index >= 15 is 0 Å². The van der Waals surface area contributed by atoms with Crippen LogP contribution in [-0.2, 0) is 80.9 Å². The van der Waals surface area contributed by atoms with Gasteiger partial charge in [0.15, 0.2) is 36.8 Å². The molecule has 0 amide bonds. The second-order valence-electron chi connectivity index (χ2n) is 10.1. The van der Waals surface area contributed by atoms with Crippen LogP contribution in [0.3, 0.4) is 0 Å². The van der Waals surface area contributed by atoms with E-state index in [1.165, 1.54) is 11.8 Å². The van der Waals surface area contributed by atoms with Gasteiger partial charge in [-0.3, -0.25) is 33.6 Å². The molecule has 0 aromatic heterocycles. The monoisotopic (exact) mass is 680 g/mol. The predicted octanol–water partition coefficient (Wildman–Crippen LogP) is 0.359. The Balaban J connectivity index is 2.70. The summed E-state index contributed by atoms with van der Waals surface area (Å²) in [6, 6.07) is 0. The quantitative estimate of drug-likeness (QED) is 0.190. The molecule has 0 saturated carbocycles. The summed E-state index contributed by atoms with van der Waals surface area (Å²) >= 11 is 1.21. The average Bonchev–Trinajstić information content (AvgIpc) is 2.91. The number of esters is 7. The molecule has 2 heterocycles. The van der Waals surface area contributed by atoms with Gasteiger partial charge in [-0.25, -0.2) is 0 Å². The fourth-order valence-corrected chi connectivity index (χ4v) is 5.72. The highest BCUT2D eigenvalue weighted by atomic mass is 32.2. The van der Waals surface area contributed by atoms with Crippen molar-refractivity contribution in [2.75, 3.05) is 19.0 Å². The standard InChI is InChI=1S/C28H40O17S/c1-9-46-28-26(42-18(8)35)24(40-16(6)33)22(20(44-28)11-37-13(3)30)45-27-25(41-17(7)34)23(39-15(5)32)21(38-14(4)31)19(43-27)10-36-12(2)29/h19-28H,9-11H2,1-8H3/t19-,20-,21+,22-,23+,24+,25-,26-,27+,28+/m1/s1.